The summed E-state index contributed by atoms with van der Waals surface area (Å²) in [6.45, 7) is 7.61. The minimum atomic E-state index is 0.498. The highest BCUT2D eigenvalue weighted by atomic mass is 15.3. The number of allylic oxidation sites excluding steroid dienone is 1. The van der Waals surface area contributed by atoms with E-state index in [1.54, 1.807) is 0 Å². The summed E-state index contributed by atoms with van der Waals surface area (Å²) in [7, 11) is 1.98. The highest BCUT2D eigenvalue weighted by Crippen LogP contribution is 2.11. The summed E-state index contributed by atoms with van der Waals surface area (Å²) in [5, 5.41) is 7.76. The molecule has 0 saturated heterocycles. The zero-order valence-electron chi connectivity index (χ0n) is 11.5. The van der Waals surface area contributed by atoms with E-state index in [0.29, 0.717) is 6.04 Å². The standard InChI is InChI=1S/C14H25N3/c1-5-13(3)17-10-8-14(16-17)11-12(2)7-6-9-15-4/h7-8,10,13,15H,5-6,9,11H2,1-4H3. The third kappa shape index (κ3) is 4.73. The zero-order chi connectivity index (χ0) is 12.7. The molecule has 1 heterocycles. The fraction of sp³-hybridized carbons (Fsp3) is 0.643. The Kier molecular flexibility index (Phi) is 5.98. The van der Waals surface area contributed by atoms with E-state index in [9.17, 15) is 0 Å². The van der Waals surface area contributed by atoms with E-state index in [4.69, 9.17) is 0 Å². The molecule has 3 nitrogen and oxygen atoms in total. The molecule has 0 aliphatic carbocycles. The Morgan fingerprint density at radius 1 is 1.59 bits per heavy atom. The molecule has 1 unspecified atom stereocenters. The number of hydrogen-bond donors (Lipinski definition) is 1. The second-order valence-electron chi connectivity index (χ2n) is 4.66. The highest BCUT2D eigenvalue weighted by molar-refractivity contribution is 5.12. The van der Waals surface area contributed by atoms with Crippen LogP contribution >= 0.6 is 0 Å². The first-order valence-corrected chi connectivity index (χ1v) is 6.51. The van der Waals surface area contributed by atoms with Crippen molar-refractivity contribution in [2.24, 2.45) is 0 Å². The normalized spacial score (nSPS) is 14.0. The Bertz CT molecular complexity index is 352. The first kappa shape index (κ1) is 14.0. The van der Waals surface area contributed by atoms with Gasteiger partial charge in [0.1, 0.15) is 0 Å². The molecule has 1 aromatic rings. The maximum absolute atomic E-state index is 4.61. The van der Waals surface area contributed by atoms with Gasteiger partial charge in [0.2, 0.25) is 0 Å². The molecule has 3 heteroatoms. The maximum atomic E-state index is 4.61. The fourth-order valence-electron chi connectivity index (χ4n) is 1.72. The summed E-state index contributed by atoms with van der Waals surface area (Å²) < 4.78 is 2.07. The van der Waals surface area contributed by atoms with E-state index in [2.05, 4.69) is 54.2 Å². The predicted octanol–water partition coefficient (Wildman–Crippen LogP) is 2.95. The summed E-state index contributed by atoms with van der Waals surface area (Å²) in [5.41, 5.74) is 2.57. The predicted molar refractivity (Wildman–Crippen MR) is 73.2 cm³/mol. The summed E-state index contributed by atoms with van der Waals surface area (Å²) in [4.78, 5) is 0. The van der Waals surface area contributed by atoms with Gasteiger partial charge in [-0.25, -0.2) is 0 Å². The van der Waals surface area contributed by atoms with Crippen molar-refractivity contribution in [3.8, 4) is 0 Å². The average Bonchev–Trinajstić information content (AvgIpc) is 2.77. The van der Waals surface area contributed by atoms with Crippen molar-refractivity contribution in [1.82, 2.24) is 15.1 Å². The van der Waals surface area contributed by atoms with Crippen molar-refractivity contribution in [2.45, 2.75) is 46.1 Å². The third-order valence-electron chi connectivity index (χ3n) is 3.05. The third-order valence-corrected chi connectivity index (χ3v) is 3.05. The lowest BCUT2D eigenvalue weighted by Crippen LogP contribution is -2.06. The van der Waals surface area contributed by atoms with Crippen molar-refractivity contribution in [2.75, 3.05) is 13.6 Å². The highest BCUT2D eigenvalue weighted by Gasteiger charge is 2.04. The first-order chi connectivity index (χ1) is 8.17. The van der Waals surface area contributed by atoms with Gasteiger partial charge in [-0.1, -0.05) is 18.6 Å². The van der Waals surface area contributed by atoms with Crippen LogP contribution in [-0.2, 0) is 6.42 Å². The molecule has 0 saturated carbocycles. The summed E-state index contributed by atoms with van der Waals surface area (Å²) >= 11 is 0. The molecule has 0 spiro atoms. The number of rotatable bonds is 7. The molecular formula is C14H25N3. The molecule has 0 aliphatic heterocycles. The molecule has 1 atom stereocenters. The van der Waals surface area contributed by atoms with E-state index in [-0.39, 0.29) is 0 Å². The van der Waals surface area contributed by atoms with E-state index < -0.39 is 0 Å². The molecule has 0 bridgehead atoms. The lowest BCUT2D eigenvalue weighted by atomic mass is 10.1. The largest absolute Gasteiger partial charge is 0.319 e. The van der Waals surface area contributed by atoms with Crippen LogP contribution in [0.15, 0.2) is 23.9 Å². The number of aromatic nitrogens is 2. The Hall–Kier alpha value is -1.09. The topological polar surface area (TPSA) is 29.9 Å². The maximum Gasteiger partial charge on any atom is 0.0664 e. The smallest absolute Gasteiger partial charge is 0.0664 e. The molecular weight excluding hydrogens is 210 g/mol. The number of nitrogens with one attached hydrogen (secondary N) is 1. The Balaban J connectivity index is 2.51. The van der Waals surface area contributed by atoms with Gasteiger partial charge in [-0.2, -0.15) is 5.10 Å². The van der Waals surface area contributed by atoms with Gasteiger partial charge >= 0.3 is 0 Å². The van der Waals surface area contributed by atoms with Crippen LogP contribution in [0, 0.1) is 0 Å². The summed E-state index contributed by atoms with van der Waals surface area (Å²) in [5.74, 6) is 0. The molecule has 0 aromatic carbocycles. The van der Waals surface area contributed by atoms with Gasteiger partial charge in [-0.15, -0.1) is 0 Å². The minimum absolute atomic E-state index is 0.498. The van der Waals surface area contributed by atoms with Crippen LogP contribution in [0.4, 0.5) is 0 Å². The van der Waals surface area contributed by atoms with Gasteiger partial charge in [-0.05, 0) is 46.3 Å². The molecule has 0 radical (unpaired) electrons. The Morgan fingerprint density at radius 2 is 2.35 bits per heavy atom. The van der Waals surface area contributed by atoms with E-state index in [0.717, 1.165) is 25.8 Å². The summed E-state index contributed by atoms with van der Waals surface area (Å²) in [6.07, 6.45) is 7.56. The van der Waals surface area contributed by atoms with Crippen LogP contribution < -0.4 is 5.32 Å². The monoisotopic (exact) mass is 235 g/mol. The minimum Gasteiger partial charge on any atom is -0.319 e. The molecule has 0 aliphatic rings. The van der Waals surface area contributed by atoms with Crippen LogP contribution in [0.3, 0.4) is 0 Å². The van der Waals surface area contributed by atoms with Gasteiger partial charge < -0.3 is 5.32 Å². The zero-order valence-corrected chi connectivity index (χ0v) is 11.5. The quantitative estimate of drug-likeness (QED) is 0.581. The van der Waals surface area contributed by atoms with Crippen LogP contribution in [0.1, 0.15) is 45.3 Å². The number of nitrogens with zero attached hydrogens (tertiary/aromatic N) is 2. The molecule has 0 amide bonds. The fourth-order valence-corrected chi connectivity index (χ4v) is 1.72. The first-order valence-electron chi connectivity index (χ1n) is 6.51. The lowest BCUT2D eigenvalue weighted by Gasteiger charge is -2.08. The Labute approximate surface area is 105 Å². The molecule has 0 fully saturated rings. The van der Waals surface area contributed by atoms with Gasteiger partial charge in [0.05, 0.1) is 5.69 Å². The second kappa shape index (κ2) is 7.28. The van der Waals surface area contributed by atoms with Crippen LogP contribution in [0.25, 0.3) is 0 Å². The molecule has 1 rings (SSSR count). The van der Waals surface area contributed by atoms with Gasteiger partial charge in [0, 0.05) is 18.7 Å². The van der Waals surface area contributed by atoms with Gasteiger partial charge in [-0.3, -0.25) is 4.68 Å². The second-order valence-corrected chi connectivity index (χ2v) is 4.66. The molecule has 1 aromatic heterocycles. The van der Waals surface area contributed by atoms with Crippen LogP contribution in [0.5, 0.6) is 0 Å². The van der Waals surface area contributed by atoms with Gasteiger partial charge in [0.15, 0.2) is 0 Å². The van der Waals surface area contributed by atoms with Crippen molar-refractivity contribution >= 4 is 0 Å². The van der Waals surface area contributed by atoms with Crippen molar-refractivity contribution in [1.29, 1.82) is 0 Å². The van der Waals surface area contributed by atoms with E-state index >= 15 is 0 Å². The SMILES string of the molecule is CCC(C)n1ccc(CC(C)=CCCNC)n1. The molecule has 1 N–H and O–H groups in total. The van der Waals surface area contributed by atoms with E-state index in [1.165, 1.54) is 11.3 Å². The average molecular weight is 235 g/mol. The Morgan fingerprint density at radius 3 is 3.00 bits per heavy atom. The molecule has 17 heavy (non-hydrogen) atoms. The lowest BCUT2D eigenvalue weighted by molar-refractivity contribution is 0.474. The van der Waals surface area contributed by atoms with Crippen molar-refractivity contribution in [3.63, 3.8) is 0 Å². The summed E-state index contributed by atoms with van der Waals surface area (Å²) in [6, 6.07) is 2.62. The molecule has 96 valence electrons. The van der Waals surface area contributed by atoms with Crippen molar-refractivity contribution < 1.29 is 0 Å². The van der Waals surface area contributed by atoms with Gasteiger partial charge in [0.25, 0.3) is 0 Å². The van der Waals surface area contributed by atoms with Crippen molar-refractivity contribution in [3.05, 3.63) is 29.6 Å². The van der Waals surface area contributed by atoms with Crippen LogP contribution in [-0.4, -0.2) is 23.4 Å². The van der Waals surface area contributed by atoms with E-state index in [1.807, 2.05) is 7.05 Å². The van der Waals surface area contributed by atoms with Crippen LogP contribution in [0.2, 0.25) is 0 Å². The number of hydrogen-bond acceptors (Lipinski definition) is 2.